The van der Waals surface area contributed by atoms with E-state index >= 15 is 0 Å². The number of carbonyl (C=O) groups excluding carboxylic acids is 1. The minimum absolute atomic E-state index is 0.148. The van der Waals surface area contributed by atoms with Crippen LogP contribution in [0.1, 0.15) is 11.1 Å². The number of aromatic nitrogens is 4. The van der Waals surface area contributed by atoms with Gasteiger partial charge in [0.2, 0.25) is 5.91 Å². The van der Waals surface area contributed by atoms with E-state index in [0.29, 0.717) is 31.1 Å². The van der Waals surface area contributed by atoms with Gasteiger partial charge >= 0.3 is 0 Å². The van der Waals surface area contributed by atoms with E-state index in [2.05, 4.69) is 29.8 Å². The maximum atomic E-state index is 14.1. The molecule has 0 N–H and O–H groups in total. The molecule has 8 nitrogen and oxygen atoms in total. The monoisotopic (exact) mass is 577 g/mol. The lowest BCUT2D eigenvalue weighted by atomic mass is 9.89. The number of halogens is 3. The second kappa shape index (κ2) is 12.2. The van der Waals surface area contributed by atoms with Crippen molar-refractivity contribution in [1.82, 2.24) is 20.0 Å². The highest BCUT2D eigenvalue weighted by Gasteiger charge is 2.42. The van der Waals surface area contributed by atoms with Crippen LogP contribution in [0.5, 0.6) is 0 Å². The number of amides is 1. The molecule has 0 radical (unpaired) electrons. The van der Waals surface area contributed by atoms with Gasteiger partial charge in [-0.15, -0.1) is 0 Å². The number of anilines is 1. The zero-order valence-electron chi connectivity index (χ0n) is 22.9. The summed E-state index contributed by atoms with van der Waals surface area (Å²) in [6, 6.07) is 5.21. The van der Waals surface area contributed by atoms with Gasteiger partial charge in [0.1, 0.15) is 23.4 Å². The second-order valence-corrected chi connectivity index (χ2v) is 17.2. The summed E-state index contributed by atoms with van der Waals surface area (Å²) in [5.41, 5.74) is 2.86. The van der Waals surface area contributed by atoms with Gasteiger partial charge in [0, 0.05) is 51.8 Å². The zero-order chi connectivity index (χ0) is 28.3. The molecule has 1 aromatic carbocycles. The minimum Gasteiger partial charge on any atom is -0.384 e. The third-order valence-corrected chi connectivity index (χ3v) is 8.97. The number of nitrogens with zero attached hydrogens (tertiary/aromatic N) is 5. The maximum absolute atomic E-state index is 14.1. The van der Waals surface area contributed by atoms with Crippen molar-refractivity contribution in [2.24, 2.45) is 11.8 Å². The first-order valence-corrected chi connectivity index (χ1v) is 16.9. The van der Waals surface area contributed by atoms with Crippen LogP contribution in [0.15, 0.2) is 30.6 Å². The summed E-state index contributed by atoms with van der Waals surface area (Å²) in [7, 11) is 0.300. The molecule has 3 heterocycles. The molecule has 0 spiro atoms. The molecule has 39 heavy (non-hydrogen) atoms. The predicted octanol–water partition coefficient (Wildman–Crippen LogP) is 5.36. The fourth-order valence-electron chi connectivity index (χ4n) is 4.71. The van der Waals surface area contributed by atoms with Crippen molar-refractivity contribution < 1.29 is 23.0 Å². The summed E-state index contributed by atoms with van der Waals surface area (Å²) in [6.45, 7) is 10.3. The number of benzene rings is 1. The molecule has 2 unspecified atom stereocenters. The molecule has 1 saturated heterocycles. The third-order valence-electron chi connectivity index (χ3n) is 6.91. The van der Waals surface area contributed by atoms with Crippen molar-refractivity contribution in [1.29, 1.82) is 0 Å². The molecule has 0 aliphatic carbocycles. The smallest absolute Gasteiger partial charge is 0.232 e. The molecular formula is C27H34ClF2N5O3Si. The Morgan fingerprint density at radius 2 is 1.82 bits per heavy atom. The Morgan fingerprint density at radius 3 is 2.46 bits per heavy atom. The summed E-state index contributed by atoms with van der Waals surface area (Å²) in [5.74, 6) is -2.16. The highest BCUT2D eigenvalue weighted by molar-refractivity contribution is 6.76. The molecule has 1 aliphatic rings. The van der Waals surface area contributed by atoms with Crippen LogP contribution in [-0.2, 0) is 27.4 Å². The van der Waals surface area contributed by atoms with Crippen molar-refractivity contribution in [2.45, 2.75) is 45.8 Å². The van der Waals surface area contributed by atoms with Gasteiger partial charge in [0.05, 0.1) is 24.7 Å². The summed E-state index contributed by atoms with van der Waals surface area (Å²) in [5, 5.41) is 12.2. The third kappa shape index (κ3) is 6.89. The highest BCUT2D eigenvalue weighted by atomic mass is 35.5. The second-order valence-electron chi connectivity index (χ2n) is 11.2. The first kappa shape index (κ1) is 29.3. The van der Waals surface area contributed by atoms with E-state index in [-0.39, 0.29) is 25.0 Å². The molecule has 1 aliphatic heterocycles. The van der Waals surface area contributed by atoms with Crippen molar-refractivity contribution in [3.63, 3.8) is 0 Å². The normalized spacial score (nSPS) is 17.8. The molecule has 210 valence electrons. The molecule has 0 saturated carbocycles. The average molecular weight is 578 g/mol. The number of rotatable bonds is 11. The van der Waals surface area contributed by atoms with Gasteiger partial charge in [0.15, 0.2) is 5.82 Å². The first-order chi connectivity index (χ1) is 18.5. The van der Waals surface area contributed by atoms with Crippen LogP contribution in [0.25, 0.3) is 11.3 Å². The molecule has 1 amide bonds. The highest BCUT2D eigenvalue weighted by Crippen LogP contribution is 2.35. The number of ether oxygens (including phenoxy) is 2. The summed E-state index contributed by atoms with van der Waals surface area (Å²) in [4.78, 5) is 15.3. The van der Waals surface area contributed by atoms with Crippen LogP contribution in [0.4, 0.5) is 14.6 Å². The van der Waals surface area contributed by atoms with Crippen LogP contribution >= 0.6 is 11.6 Å². The number of aryl methyl sites for hydroxylation is 1. The van der Waals surface area contributed by atoms with Crippen molar-refractivity contribution >= 4 is 31.4 Å². The fraction of sp³-hybridized carbons (Fsp3) is 0.481. The Morgan fingerprint density at radius 1 is 1.13 bits per heavy atom. The van der Waals surface area contributed by atoms with Gasteiger partial charge in [-0.3, -0.25) is 9.69 Å². The van der Waals surface area contributed by atoms with E-state index in [4.69, 9.17) is 26.2 Å². The van der Waals surface area contributed by atoms with Gasteiger partial charge in [0.25, 0.3) is 0 Å². The number of carbonyl (C=O) groups is 1. The Balaban J connectivity index is 1.63. The van der Waals surface area contributed by atoms with Crippen LogP contribution in [-0.4, -0.2) is 60.8 Å². The van der Waals surface area contributed by atoms with Crippen LogP contribution in [0.3, 0.4) is 0 Å². The standard InChI is InChI=1S/C27H34ClF2N5O3Si/c1-17-12-31-32-13-21(17)24-11-25(33-35(24)16-38-6-7-39(3,4)5)34-14-19(15-37-2)20(27(34)36)8-18-9-22(29)26(28)23(30)10-18/h9-13,19-20H,6-8,14-16H2,1-5H3. The van der Waals surface area contributed by atoms with Crippen molar-refractivity contribution in [2.75, 3.05) is 31.8 Å². The Labute approximate surface area is 233 Å². The van der Waals surface area contributed by atoms with E-state index in [1.165, 1.54) is 12.1 Å². The predicted molar refractivity (Wildman–Crippen MR) is 148 cm³/mol. The quantitative estimate of drug-likeness (QED) is 0.173. The van der Waals surface area contributed by atoms with Crippen molar-refractivity contribution in [3.05, 3.63) is 58.4 Å². The SMILES string of the molecule is COCC1CN(c2cc(-c3cnncc3C)n(COCC[Si](C)(C)C)n2)C(=O)C1Cc1cc(F)c(Cl)c(F)c1. The Hall–Kier alpha value is -2.73. The molecule has 2 atom stereocenters. The van der Waals surface area contributed by atoms with Crippen LogP contribution < -0.4 is 4.90 Å². The molecule has 1 fully saturated rings. The Kier molecular flexibility index (Phi) is 9.15. The lowest BCUT2D eigenvalue weighted by Gasteiger charge is -2.16. The van der Waals surface area contributed by atoms with E-state index in [1.54, 1.807) is 29.1 Å². The van der Waals surface area contributed by atoms with Gasteiger partial charge < -0.3 is 9.47 Å². The lowest BCUT2D eigenvalue weighted by molar-refractivity contribution is -0.121. The van der Waals surface area contributed by atoms with Crippen LogP contribution in [0.2, 0.25) is 30.7 Å². The van der Waals surface area contributed by atoms with Gasteiger partial charge in [-0.05, 0) is 42.6 Å². The molecule has 12 heteroatoms. The zero-order valence-corrected chi connectivity index (χ0v) is 24.6. The Bertz CT molecular complexity index is 1310. The van der Waals surface area contributed by atoms with Gasteiger partial charge in [-0.2, -0.15) is 15.3 Å². The van der Waals surface area contributed by atoms with E-state index in [0.717, 1.165) is 22.9 Å². The molecule has 3 aromatic rings. The lowest BCUT2D eigenvalue weighted by Crippen LogP contribution is -2.28. The number of hydrogen-bond donors (Lipinski definition) is 0. The molecule has 4 rings (SSSR count). The van der Waals surface area contributed by atoms with E-state index < -0.39 is 30.6 Å². The molecule has 2 aromatic heterocycles. The summed E-state index contributed by atoms with van der Waals surface area (Å²) < 4.78 is 41.3. The number of methoxy groups -OCH3 is 1. The first-order valence-electron chi connectivity index (χ1n) is 12.9. The van der Waals surface area contributed by atoms with Crippen LogP contribution in [0, 0.1) is 30.4 Å². The molecular weight excluding hydrogens is 544 g/mol. The summed E-state index contributed by atoms with van der Waals surface area (Å²) >= 11 is 5.65. The molecule has 0 bridgehead atoms. The average Bonchev–Trinajstić information content (AvgIpc) is 3.41. The van der Waals surface area contributed by atoms with Crippen molar-refractivity contribution in [3.8, 4) is 11.3 Å². The van der Waals surface area contributed by atoms with Gasteiger partial charge in [-0.1, -0.05) is 31.2 Å². The fourth-order valence-corrected chi connectivity index (χ4v) is 5.57. The largest absolute Gasteiger partial charge is 0.384 e. The summed E-state index contributed by atoms with van der Waals surface area (Å²) in [6.07, 6.45) is 3.49. The topological polar surface area (TPSA) is 82.4 Å². The van der Waals surface area contributed by atoms with Gasteiger partial charge in [-0.25, -0.2) is 13.5 Å². The number of hydrogen-bond acceptors (Lipinski definition) is 6. The van der Waals surface area contributed by atoms with E-state index in [9.17, 15) is 13.6 Å². The minimum atomic E-state index is -1.26. The van der Waals surface area contributed by atoms with E-state index in [1.807, 2.05) is 13.0 Å². The maximum Gasteiger partial charge on any atom is 0.232 e.